The number of hydrogen-bond acceptors (Lipinski definition) is 9. The lowest BCUT2D eigenvalue weighted by molar-refractivity contribution is -0.121. The van der Waals surface area contributed by atoms with E-state index in [1.165, 1.54) is 12.0 Å². The van der Waals surface area contributed by atoms with Crippen molar-refractivity contribution >= 4 is 46.8 Å². The quantitative estimate of drug-likeness (QED) is 0.155. The molecule has 55 heavy (non-hydrogen) atoms. The minimum Gasteiger partial charge on any atom is -0.493 e. The maximum atomic E-state index is 12.1. The Morgan fingerprint density at radius 1 is 1.02 bits per heavy atom. The molecule has 3 saturated heterocycles. The molecule has 3 N–H and O–H groups in total. The fourth-order valence-corrected chi connectivity index (χ4v) is 8.54. The number of nitrogens with one attached hydrogen (secondary N) is 2. The first kappa shape index (κ1) is 36.5. The Morgan fingerprint density at radius 2 is 1.82 bits per heavy atom. The van der Waals surface area contributed by atoms with E-state index >= 15 is 0 Å². The second-order valence-electron chi connectivity index (χ2n) is 14.4. The van der Waals surface area contributed by atoms with Gasteiger partial charge in [-0.05, 0) is 30.7 Å². The summed E-state index contributed by atoms with van der Waals surface area (Å²) in [6.45, 7) is 3.26. The van der Waals surface area contributed by atoms with Crippen molar-refractivity contribution in [3.8, 4) is 45.3 Å². The van der Waals surface area contributed by atoms with Crippen LogP contribution >= 0.6 is 23.2 Å². The number of amides is 3. The van der Waals surface area contributed by atoms with Gasteiger partial charge in [0.05, 0.1) is 47.9 Å². The van der Waals surface area contributed by atoms with E-state index in [-0.39, 0.29) is 42.2 Å². The van der Waals surface area contributed by atoms with Crippen LogP contribution in [0.4, 0.5) is 4.79 Å². The van der Waals surface area contributed by atoms with E-state index in [1.54, 1.807) is 31.5 Å². The van der Waals surface area contributed by atoms with Gasteiger partial charge in [0.25, 0.3) is 0 Å². The largest absolute Gasteiger partial charge is 0.493 e. The first-order valence-corrected chi connectivity index (χ1v) is 18.6. The number of nitrogens with zero attached hydrogens (tertiary/aromatic N) is 6. The van der Waals surface area contributed by atoms with Crippen LogP contribution in [-0.2, 0) is 22.7 Å². The van der Waals surface area contributed by atoms with Crippen molar-refractivity contribution in [2.75, 3.05) is 40.4 Å². The number of ether oxygens (including phenoxy) is 2. The van der Waals surface area contributed by atoms with Crippen molar-refractivity contribution < 1.29 is 29.0 Å². The van der Waals surface area contributed by atoms with Crippen LogP contribution in [0.3, 0.4) is 0 Å². The van der Waals surface area contributed by atoms with E-state index in [2.05, 4.69) is 20.5 Å². The number of carbonyl (C=O) groups is 3. The van der Waals surface area contributed by atoms with Gasteiger partial charge in [0.15, 0.2) is 11.4 Å². The van der Waals surface area contributed by atoms with Gasteiger partial charge in [-0.3, -0.25) is 19.5 Å². The van der Waals surface area contributed by atoms with Crippen molar-refractivity contribution in [3.05, 3.63) is 82.4 Å². The molecular formula is C39H38Cl2N8O6. The average molecular weight is 786 g/mol. The van der Waals surface area contributed by atoms with Gasteiger partial charge in [0.1, 0.15) is 0 Å². The Balaban J connectivity index is 1.05. The van der Waals surface area contributed by atoms with Crippen molar-refractivity contribution in [2.45, 2.75) is 38.4 Å². The zero-order valence-electron chi connectivity index (χ0n) is 30.1. The molecule has 0 radical (unpaired) electrons. The summed E-state index contributed by atoms with van der Waals surface area (Å²) < 4.78 is 13.3. The third-order valence-electron chi connectivity index (χ3n) is 10.5. The smallest absolute Gasteiger partial charge is 0.407 e. The number of pyridine rings is 3. The van der Waals surface area contributed by atoms with E-state index in [1.807, 2.05) is 41.1 Å². The number of hydrogen-bond donors (Lipinski definition) is 3. The van der Waals surface area contributed by atoms with Gasteiger partial charge < -0.3 is 34.5 Å². The maximum absolute atomic E-state index is 12.1. The number of carboxylic acid groups (broad SMARTS) is 1. The molecule has 7 heterocycles. The van der Waals surface area contributed by atoms with E-state index in [4.69, 9.17) is 42.6 Å². The first-order chi connectivity index (χ1) is 26.5. The molecule has 1 spiro atoms. The van der Waals surface area contributed by atoms with Crippen molar-refractivity contribution in [2.24, 2.45) is 5.41 Å². The monoisotopic (exact) mass is 784 g/mol. The number of methoxy groups -OCH3 is 2. The molecular weight excluding hydrogens is 747 g/mol. The first-order valence-electron chi connectivity index (χ1n) is 17.8. The molecule has 5 aromatic rings. The molecule has 4 aromatic heterocycles. The highest BCUT2D eigenvalue weighted by molar-refractivity contribution is 6.39. The summed E-state index contributed by atoms with van der Waals surface area (Å²) in [5.41, 5.74) is 5.89. The summed E-state index contributed by atoms with van der Waals surface area (Å²) in [4.78, 5) is 53.3. The second-order valence-corrected chi connectivity index (χ2v) is 15.1. The highest BCUT2D eigenvalue weighted by atomic mass is 35.5. The van der Waals surface area contributed by atoms with Crippen LogP contribution in [0.25, 0.3) is 39.3 Å². The third-order valence-corrected chi connectivity index (χ3v) is 11.3. The fourth-order valence-electron chi connectivity index (χ4n) is 7.90. The summed E-state index contributed by atoms with van der Waals surface area (Å²) in [6, 6.07) is 12.5. The van der Waals surface area contributed by atoms with E-state index < -0.39 is 6.09 Å². The van der Waals surface area contributed by atoms with Crippen LogP contribution in [0, 0.1) is 5.41 Å². The molecule has 3 aliphatic rings. The molecule has 1 aromatic carbocycles. The predicted octanol–water partition coefficient (Wildman–Crippen LogP) is 5.53. The Morgan fingerprint density at radius 3 is 2.53 bits per heavy atom. The Hall–Kier alpha value is -5.44. The van der Waals surface area contributed by atoms with Crippen LogP contribution in [0.2, 0.25) is 10.0 Å². The van der Waals surface area contributed by atoms with Crippen molar-refractivity contribution in [1.29, 1.82) is 0 Å². The Labute approximate surface area is 326 Å². The predicted molar refractivity (Wildman–Crippen MR) is 205 cm³/mol. The number of fused-ring (bicyclic) bond motifs is 1. The minimum atomic E-state index is -1.11. The molecule has 0 saturated carbocycles. The number of imidazole rings is 1. The highest BCUT2D eigenvalue weighted by Crippen LogP contribution is 2.43. The van der Waals surface area contributed by atoms with Crippen LogP contribution in [-0.4, -0.2) is 98.6 Å². The van der Waals surface area contributed by atoms with Gasteiger partial charge in [-0.25, -0.2) is 14.8 Å². The number of rotatable bonds is 11. The average Bonchev–Trinajstić information content (AvgIpc) is 3.89. The number of carbonyl (C=O) groups excluding carboxylic acids is 2. The van der Waals surface area contributed by atoms with Gasteiger partial charge in [-0.15, -0.1) is 0 Å². The van der Waals surface area contributed by atoms with Crippen molar-refractivity contribution in [1.82, 2.24) is 39.8 Å². The van der Waals surface area contributed by atoms with Crippen LogP contribution in [0.5, 0.6) is 11.6 Å². The molecule has 1 unspecified atom stereocenters. The minimum absolute atomic E-state index is 0.0262. The molecule has 3 fully saturated rings. The number of halogens is 2. The lowest BCUT2D eigenvalue weighted by atomic mass is 9.79. The molecule has 8 rings (SSSR count). The zero-order valence-corrected chi connectivity index (χ0v) is 31.7. The normalized spacial score (nSPS) is 17.6. The van der Waals surface area contributed by atoms with Crippen LogP contribution in [0.1, 0.15) is 30.5 Å². The molecule has 1 atom stereocenters. The SMILES string of the molecule is COc1nc(-c2cccc(-c3ccnc(-c4cc(OC)c5nc(CN6CC7(CNC(=O)C7)C6)cn5c4)c3Cl)c2Cl)ccc1CN(CC1CCC(=O)N1)C(=O)O. The number of likely N-dealkylation sites (tertiary alicyclic amines) is 1. The molecule has 0 aliphatic carbocycles. The Kier molecular flexibility index (Phi) is 9.74. The van der Waals surface area contributed by atoms with Gasteiger partial charge in [0, 0.05) is 103 Å². The topological polar surface area (TPSA) is 164 Å². The van der Waals surface area contributed by atoms with E-state index in [0.29, 0.717) is 80.9 Å². The zero-order chi connectivity index (χ0) is 38.4. The summed E-state index contributed by atoms with van der Waals surface area (Å²) in [5, 5.41) is 16.5. The Bertz CT molecular complexity index is 2350. The molecule has 3 aliphatic heterocycles. The van der Waals surface area contributed by atoms with Crippen LogP contribution in [0.15, 0.2) is 61.1 Å². The molecule has 3 amide bonds. The summed E-state index contributed by atoms with van der Waals surface area (Å²) in [6.07, 6.45) is 6.00. The van der Waals surface area contributed by atoms with E-state index in [9.17, 15) is 19.5 Å². The van der Waals surface area contributed by atoms with Gasteiger partial charge in [-0.1, -0.05) is 41.4 Å². The fraction of sp³-hybridized carbons (Fsp3) is 0.333. The maximum Gasteiger partial charge on any atom is 0.407 e. The van der Waals surface area contributed by atoms with Gasteiger partial charge in [0.2, 0.25) is 17.7 Å². The highest BCUT2D eigenvalue weighted by Gasteiger charge is 2.48. The standard InChI is InChI=1S/C39H38Cl2N8O6/c1-54-30-12-23(15-48-18-25(45-36(30)48)16-47-20-39(21-47)13-32(51)43-19-39)35-34(41)27(10-11-42-35)26-4-3-5-28(33(26)40)29-8-6-22(37(46-29)55-2)14-49(38(52)53)17-24-7-9-31(50)44-24/h3-6,8,10-12,15,18,24H,7,9,13-14,16-17,19-21H2,1-2H3,(H,43,51)(H,44,50)(H,52,53). The third kappa shape index (κ3) is 7.12. The van der Waals surface area contributed by atoms with Gasteiger partial charge >= 0.3 is 6.09 Å². The number of aromatic nitrogens is 4. The summed E-state index contributed by atoms with van der Waals surface area (Å²) in [7, 11) is 3.08. The van der Waals surface area contributed by atoms with Gasteiger partial charge in [-0.2, -0.15) is 0 Å². The molecule has 14 nitrogen and oxygen atoms in total. The van der Waals surface area contributed by atoms with E-state index in [0.717, 1.165) is 30.9 Å². The number of benzene rings is 1. The second kappa shape index (κ2) is 14.7. The summed E-state index contributed by atoms with van der Waals surface area (Å²) in [5.74, 6) is 0.866. The lowest BCUT2D eigenvalue weighted by Gasteiger charge is -2.46. The molecule has 0 bridgehead atoms. The van der Waals surface area contributed by atoms with Crippen LogP contribution < -0.4 is 20.1 Å². The summed E-state index contributed by atoms with van der Waals surface area (Å²) >= 11 is 14.3. The molecule has 284 valence electrons. The lowest BCUT2D eigenvalue weighted by Crippen LogP contribution is -2.56. The van der Waals surface area contributed by atoms with Crippen molar-refractivity contribution in [3.63, 3.8) is 0 Å². The molecule has 16 heteroatoms.